The molecule has 0 aromatic heterocycles. The van der Waals surface area contributed by atoms with Crippen molar-refractivity contribution in [3.05, 3.63) is 0 Å². The largest absolute Gasteiger partial charge is 0.0596 e. The molecule has 14 unspecified atom stereocenters. The average molecular weight is 645 g/mol. The molecule has 0 aromatic rings. The first-order valence-electron chi connectivity index (χ1n) is 21.8. The monoisotopic (exact) mass is 645 g/mol. The van der Waals surface area contributed by atoms with Gasteiger partial charge in [0.05, 0.1) is 0 Å². The number of rotatable bonds is 0. The molecule has 0 heteroatoms. The summed E-state index contributed by atoms with van der Waals surface area (Å²) >= 11 is 0. The highest BCUT2D eigenvalue weighted by molar-refractivity contribution is 5.14. The first-order chi connectivity index (χ1) is 21.8. The summed E-state index contributed by atoms with van der Waals surface area (Å²) in [5, 5.41) is 0. The van der Waals surface area contributed by atoms with Crippen LogP contribution >= 0.6 is 0 Å². The highest BCUT2D eigenvalue weighted by atomic mass is 14.7. The number of hydrogen-bond acceptors (Lipinski definition) is 0. The Labute approximate surface area is 293 Å². The quantitative estimate of drug-likeness (QED) is 0.230. The van der Waals surface area contributed by atoms with Gasteiger partial charge in [-0.15, -0.1) is 0 Å². The van der Waals surface area contributed by atoms with Crippen molar-refractivity contribution in [2.24, 2.45) is 109 Å². The first kappa shape index (κ1) is 34.1. The Balaban J connectivity index is 0.0000000930. The van der Waals surface area contributed by atoms with Crippen LogP contribution in [0, 0.1) is 109 Å². The fourth-order valence-electron chi connectivity index (χ4n) is 17.8. The van der Waals surface area contributed by atoms with Crippen molar-refractivity contribution < 1.29 is 0 Å². The van der Waals surface area contributed by atoms with Crippen molar-refractivity contribution in [1.82, 2.24) is 0 Å². The molecule has 268 valence electrons. The molecule has 11 saturated carbocycles. The van der Waals surface area contributed by atoms with Crippen molar-refractivity contribution in [3.63, 3.8) is 0 Å². The van der Waals surface area contributed by atoms with Gasteiger partial charge in [-0.05, 0) is 206 Å². The lowest BCUT2D eigenvalue weighted by atomic mass is 9.60. The van der Waals surface area contributed by atoms with E-state index in [0.29, 0.717) is 32.5 Å². The van der Waals surface area contributed by atoms with E-state index in [1.807, 2.05) is 0 Å². The molecule has 0 spiro atoms. The molecule has 14 atom stereocenters. The third-order valence-corrected chi connectivity index (χ3v) is 20.6. The minimum atomic E-state index is 0.583. The van der Waals surface area contributed by atoms with Gasteiger partial charge in [0.1, 0.15) is 0 Å². The first-order valence-corrected chi connectivity index (χ1v) is 21.8. The summed E-state index contributed by atoms with van der Waals surface area (Å²) in [6.07, 6.45) is 26.3. The Hall–Kier alpha value is 0. The molecule has 11 fully saturated rings. The predicted octanol–water partition coefficient (Wildman–Crippen LogP) is 13.9. The van der Waals surface area contributed by atoms with E-state index in [2.05, 4.69) is 76.2 Å². The molecular weight excluding hydrogens is 565 g/mol. The van der Waals surface area contributed by atoms with E-state index in [1.54, 1.807) is 70.6 Å². The molecule has 0 aliphatic heterocycles. The van der Waals surface area contributed by atoms with E-state index in [1.165, 1.54) is 68.1 Å². The van der Waals surface area contributed by atoms with Crippen LogP contribution in [-0.2, 0) is 0 Å². The predicted molar refractivity (Wildman–Crippen MR) is 201 cm³/mol. The second-order valence-corrected chi connectivity index (χ2v) is 24.3. The van der Waals surface area contributed by atoms with Crippen LogP contribution < -0.4 is 0 Å². The molecule has 10 bridgehead atoms. The van der Waals surface area contributed by atoms with Gasteiger partial charge in [-0.25, -0.2) is 0 Å². The Bertz CT molecular complexity index is 1180. The van der Waals surface area contributed by atoms with Crippen molar-refractivity contribution >= 4 is 0 Å². The second-order valence-electron chi connectivity index (χ2n) is 24.3. The molecule has 0 radical (unpaired) electrons. The zero-order chi connectivity index (χ0) is 33.5. The molecule has 0 N–H and O–H groups in total. The van der Waals surface area contributed by atoms with Gasteiger partial charge in [0, 0.05) is 0 Å². The SMILES string of the molecule is CC1(C)CC2CC1C1C3CCC(C3)C21.CC1(C)CC2CC1C1CCCC21.CC1(C)CC2CCC1(C)C2(C)C.CC1(C)CC2CCC1C2. The van der Waals surface area contributed by atoms with Gasteiger partial charge < -0.3 is 0 Å². The maximum atomic E-state index is 2.54. The van der Waals surface area contributed by atoms with Gasteiger partial charge in [0.15, 0.2) is 0 Å². The molecule has 47 heavy (non-hydrogen) atoms. The maximum absolute atomic E-state index is 2.54. The third-order valence-electron chi connectivity index (χ3n) is 20.6. The lowest BCUT2D eigenvalue weighted by Crippen LogP contribution is -2.37. The minimum Gasteiger partial charge on any atom is -0.0596 e. The van der Waals surface area contributed by atoms with Crippen LogP contribution in [0.25, 0.3) is 0 Å². The maximum Gasteiger partial charge on any atom is -0.0220 e. The molecule has 11 rings (SSSR count). The van der Waals surface area contributed by atoms with E-state index < -0.39 is 0 Å². The molecule has 0 heterocycles. The molecule has 0 saturated heterocycles. The zero-order valence-corrected chi connectivity index (χ0v) is 33.5. The Kier molecular flexibility index (Phi) is 7.99. The van der Waals surface area contributed by atoms with Crippen LogP contribution in [-0.4, -0.2) is 0 Å². The van der Waals surface area contributed by atoms with Crippen LogP contribution in [0.5, 0.6) is 0 Å². The smallest absolute Gasteiger partial charge is 0.0220 e. The summed E-state index contributed by atoms with van der Waals surface area (Å²) in [4.78, 5) is 0. The number of fused-ring (bicyclic) bond motifs is 18. The van der Waals surface area contributed by atoms with Crippen LogP contribution in [0.4, 0.5) is 0 Å². The van der Waals surface area contributed by atoms with E-state index in [0.717, 1.165) is 47.3 Å². The Morgan fingerprint density at radius 2 is 1.06 bits per heavy atom. The Morgan fingerprint density at radius 3 is 1.60 bits per heavy atom. The van der Waals surface area contributed by atoms with Crippen molar-refractivity contribution in [2.45, 2.75) is 185 Å². The van der Waals surface area contributed by atoms with Gasteiger partial charge in [-0.2, -0.15) is 0 Å². The molecule has 11 aliphatic carbocycles. The summed E-state index contributed by atoms with van der Waals surface area (Å²) in [6.45, 7) is 27.4. The second kappa shape index (κ2) is 11.0. The molecule has 0 aromatic carbocycles. The molecule has 0 amide bonds. The summed E-state index contributed by atoms with van der Waals surface area (Å²) in [7, 11) is 0. The molecule has 0 nitrogen and oxygen atoms in total. The minimum absolute atomic E-state index is 0.583. The lowest BCUT2D eigenvalue weighted by molar-refractivity contribution is 0.0435. The third kappa shape index (κ3) is 5.11. The topological polar surface area (TPSA) is 0 Å². The summed E-state index contributed by atoms with van der Waals surface area (Å²) in [6, 6.07) is 0. The van der Waals surface area contributed by atoms with Gasteiger partial charge >= 0.3 is 0 Å². The van der Waals surface area contributed by atoms with Crippen LogP contribution in [0.15, 0.2) is 0 Å². The highest BCUT2D eigenvalue weighted by Crippen LogP contribution is 2.73. The summed E-state index contributed by atoms with van der Waals surface area (Å²) < 4.78 is 0. The fourth-order valence-corrected chi connectivity index (χ4v) is 17.8. The van der Waals surface area contributed by atoms with Crippen molar-refractivity contribution in [2.75, 3.05) is 0 Å². The van der Waals surface area contributed by atoms with E-state index in [-0.39, 0.29) is 0 Å². The zero-order valence-electron chi connectivity index (χ0n) is 33.5. The van der Waals surface area contributed by atoms with Gasteiger partial charge in [0.25, 0.3) is 0 Å². The molecular formula is C47H80. The number of hydrogen-bond donors (Lipinski definition) is 0. The lowest BCUT2D eigenvalue weighted by Gasteiger charge is -2.44. The van der Waals surface area contributed by atoms with E-state index in [9.17, 15) is 0 Å². The van der Waals surface area contributed by atoms with Crippen LogP contribution in [0.3, 0.4) is 0 Å². The van der Waals surface area contributed by atoms with Gasteiger partial charge in [0.2, 0.25) is 0 Å². The van der Waals surface area contributed by atoms with Crippen LogP contribution in [0.1, 0.15) is 185 Å². The summed E-state index contributed by atoms with van der Waals surface area (Å²) in [5.74, 6) is 14.8. The molecule has 11 aliphatic rings. The van der Waals surface area contributed by atoms with E-state index >= 15 is 0 Å². The van der Waals surface area contributed by atoms with Crippen molar-refractivity contribution in [3.8, 4) is 0 Å². The van der Waals surface area contributed by atoms with Gasteiger partial charge in [-0.3, -0.25) is 0 Å². The van der Waals surface area contributed by atoms with Crippen molar-refractivity contribution in [1.29, 1.82) is 0 Å². The Morgan fingerprint density at radius 1 is 0.426 bits per heavy atom. The summed E-state index contributed by atoms with van der Waals surface area (Å²) in [5.41, 5.74) is 3.90. The highest BCUT2D eigenvalue weighted by Gasteiger charge is 2.65. The normalized spacial score (nSPS) is 53.6. The van der Waals surface area contributed by atoms with E-state index in [4.69, 9.17) is 0 Å². The van der Waals surface area contributed by atoms with Gasteiger partial charge in [-0.1, -0.05) is 89.0 Å². The van der Waals surface area contributed by atoms with Crippen LogP contribution in [0.2, 0.25) is 0 Å². The standard InChI is InChI=1S/C14H22.C12H20.C12H22.C9H16/c1-14(2)7-10-6-11(14)13-9-4-3-8(5-9)12(10)13;1-12(2)7-8-6-11(12)10-5-3-4-9(8)10;1-10(2)8-9-6-7-12(10,5)11(9,3)4;1-9(2)6-7-3-4-8(9)5-7/h8-13H,3-7H2,1-2H3;8-11H,3-7H2,1-2H3;9H,6-8H2,1-5H3;7-8H,3-6H2,1-2H3. The fraction of sp³-hybridized carbons (Fsp3) is 1.00. The average Bonchev–Trinajstić information content (AvgIpc) is 3.79.